The molecule has 1 aromatic carbocycles. The van der Waals surface area contributed by atoms with Crippen LogP contribution in [0.15, 0.2) is 35.7 Å². The molecule has 0 aliphatic heterocycles. The van der Waals surface area contributed by atoms with Gasteiger partial charge in [0.25, 0.3) is 0 Å². The van der Waals surface area contributed by atoms with E-state index in [9.17, 15) is 18.3 Å². The van der Waals surface area contributed by atoms with E-state index in [0.29, 0.717) is 5.69 Å². The van der Waals surface area contributed by atoms with E-state index in [-0.39, 0.29) is 22.5 Å². The van der Waals surface area contributed by atoms with Gasteiger partial charge in [0, 0.05) is 17.8 Å². The SMILES string of the molecule is C=CCNS(=O)(=O)c1ccc(NC(C)(C)C)c(C(=O)O)c1. The quantitative estimate of drug-likeness (QED) is 0.699. The monoisotopic (exact) mass is 312 g/mol. The summed E-state index contributed by atoms with van der Waals surface area (Å²) in [4.78, 5) is 11.2. The lowest BCUT2D eigenvalue weighted by Crippen LogP contribution is -2.28. The number of benzene rings is 1. The van der Waals surface area contributed by atoms with Gasteiger partial charge < -0.3 is 10.4 Å². The third kappa shape index (κ3) is 4.87. The van der Waals surface area contributed by atoms with E-state index in [4.69, 9.17) is 0 Å². The summed E-state index contributed by atoms with van der Waals surface area (Å²) in [5.41, 5.74) is -0.0600. The van der Waals surface area contributed by atoms with Crippen molar-refractivity contribution in [3.63, 3.8) is 0 Å². The first-order valence-corrected chi connectivity index (χ1v) is 7.81. The standard InChI is InChI=1S/C14H20N2O4S/c1-5-8-15-21(19,20)10-6-7-12(16-14(2,3)4)11(9-10)13(17)18/h5-7,9,15-16H,1,8H2,2-4H3,(H,17,18). The Morgan fingerprint density at radius 2 is 2.00 bits per heavy atom. The van der Waals surface area contributed by atoms with Crippen molar-refractivity contribution < 1.29 is 18.3 Å². The van der Waals surface area contributed by atoms with Crippen molar-refractivity contribution in [3.8, 4) is 0 Å². The van der Waals surface area contributed by atoms with E-state index in [2.05, 4.69) is 16.6 Å². The highest BCUT2D eigenvalue weighted by Crippen LogP contribution is 2.23. The lowest BCUT2D eigenvalue weighted by Gasteiger charge is -2.23. The lowest BCUT2D eigenvalue weighted by molar-refractivity contribution is 0.0697. The average Bonchev–Trinajstić information content (AvgIpc) is 2.34. The number of anilines is 1. The third-order valence-corrected chi connectivity index (χ3v) is 3.88. The number of carboxylic acid groups (broad SMARTS) is 1. The van der Waals surface area contributed by atoms with E-state index >= 15 is 0 Å². The molecule has 0 fully saturated rings. The van der Waals surface area contributed by atoms with Crippen LogP contribution in [0.25, 0.3) is 0 Å². The van der Waals surface area contributed by atoms with Gasteiger partial charge in [0.15, 0.2) is 0 Å². The van der Waals surface area contributed by atoms with E-state index in [1.807, 2.05) is 20.8 Å². The summed E-state index contributed by atoms with van der Waals surface area (Å²) in [6.45, 7) is 9.15. The van der Waals surface area contributed by atoms with Crippen molar-refractivity contribution in [1.29, 1.82) is 0 Å². The molecular formula is C14H20N2O4S. The normalized spacial score (nSPS) is 12.0. The van der Waals surface area contributed by atoms with Crippen LogP contribution in [0.5, 0.6) is 0 Å². The summed E-state index contributed by atoms with van der Waals surface area (Å²) in [7, 11) is -3.75. The van der Waals surface area contributed by atoms with Crippen molar-refractivity contribution in [2.24, 2.45) is 0 Å². The summed E-state index contributed by atoms with van der Waals surface area (Å²) in [6.07, 6.45) is 1.41. The van der Waals surface area contributed by atoms with E-state index in [1.54, 1.807) is 0 Å². The highest BCUT2D eigenvalue weighted by Gasteiger charge is 2.20. The van der Waals surface area contributed by atoms with Crippen molar-refractivity contribution in [1.82, 2.24) is 4.72 Å². The number of carboxylic acids is 1. The Morgan fingerprint density at radius 1 is 1.38 bits per heavy atom. The van der Waals surface area contributed by atoms with Crippen molar-refractivity contribution in [2.75, 3.05) is 11.9 Å². The Labute approximate surface area is 124 Å². The average molecular weight is 312 g/mol. The first-order chi connectivity index (χ1) is 9.57. The van der Waals surface area contributed by atoms with Crippen LogP contribution < -0.4 is 10.0 Å². The van der Waals surface area contributed by atoms with Crippen molar-refractivity contribution in [3.05, 3.63) is 36.4 Å². The van der Waals surface area contributed by atoms with Crippen molar-refractivity contribution >= 4 is 21.7 Å². The molecule has 0 amide bonds. The maximum Gasteiger partial charge on any atom is 0.337 e. The number of carbonyl (C=O) groups is 1. The van der Waals surface area contributed by atoms with Crippen LogP contribution in [0, 0.1) is 0 Å². The molecule has 7 heteroatoms. The first-order valence-electron chi connectivity index (χ1n) is 6.33. The molecule has 0 bridgehead atoms. The van der Waals surface area contributed by atoms with Gasteiger partial charge in [-0.15, -0.1) is 6.58 Å². The Bertz CT molecular complexity index is 645. The van der Waals surface area contributed by atoms with Crippen LogP contribution in [0.3, 0.4) is 0 Å². The fraction of sp³-hybridized carbons (Fsp3) is 0.357. The molecule has 0 spiro atoms. The highest BCUT2D eigenvalue weighted by molar-refractivity contribution is 7.89. The van der Waals surface area contributed by atoms with Gasteiger partial charge in [0.05, 0.1) is 10.5 Å². The summed E-state index contributed by atoms with van der Waals surface area (Å²) in [5.74, 6) is -1.19. The van der Waals surface area contributed by atoms with Gasteiger partial charge in [0.2, 0.25) is 10.0 Å². The second kappa shape index (κ2) is 6.28. The summed E-state index contributed by atoms with van der Waals surface area (Å²) in [5, 5.41) is 12.3. The van der Waals surface area contributed by atoms with Crippen LogP contribution >= 0.6 is 0 Å². The van der Waals surface area contributed by atoms with Gasteiger partial charge in [-0.1, -0.05) is 6.08 Å². The maximum atomic E-state index is 12.0. The van der Waals surface area contributed by atoms with Crippen LogP contribution in [0.1, 0.15) is 31.1 Å². The zero-order valence-electron chi connectivity index (χ0n) is 12.3. The van der Waals surface area contributed by atoms with Gasteiger partial charge in [-0.2, -0.15) is 0 Å². The molecule has 0 unspecified atom stereocenters. The number of rotatable bonds is 6. The molecule has 6 nitrogen and oxygen atoms in total. The summed E-state index contributed by atoms with van der Waals surface area (Å²) < 4.78 is 26.3. The largest absolute Gasteiger partial charge is 0.478 e. The molecule has 0 aromatic heterocycles. The Balaban J connectivity index is 3.27. The molecule has 3 N–H and O–H groups in total. The predicted molar refractivity (Wildman–Crippen MR) is 82.2 cm³/mol. The topological polar surface area (TPSA) is 95.5 Å². The second-order valence-corrected chi connectivity index (χ2v) is 7.30. The van der Waals surface area contributed by atoms with Crippen LogP contribution in [-0.4, -0.2) is 31.6 Å². The van der Waals surface area contributed by atoms with E-state index in [1.165, 1.54) is 18.2 Å². The molecule has 0 aliphatic rings. The molecule has 1 aromatic rings. The predicted octanol–water partition coefficient (Wildman–Crippen LogP) is 2.06. The Morgan fingerprint density at radius 3 is 2.48 bits per heavy atom. The molecule has 1 rings (SSSR count). The van der Waals surface area contributed by atoms with Crippen LogP contribution in [-0.2, 0) is 10.0 Å². The molecule has 0 saturated carbocycles. The van der Waals surface area contributed by atoms with Gasteiger partial charge in [-0.3, -0.25) is 0 Å². The molecule has 116 valence electrons. The smallest absolute Gasteiger partial charge is 0.337 e. The molecule has 0 saturated heterocycles. The molecule has 0 atom stereocenters. The summed E-state index contributed by atoms with van der Waals surface area (Å²) in [6, 6.07) is 3.96. The molecule has 0 radical (unpaired) electrons. The zero-order valence-corrected chi connectivity index (χ0v) is 13.1. The molecule has 21 heavy (non-hydrogen) atoms. The molecular weight excluding hydrogens is 292 g/mol. The minimum absolute atomic E-state index is 0.0761. The minimum Gasteiger partial charge on any atom is -0.478 e. The number of sulfonamides is 1. The molecule has 0 aliphatic carbocycles. The van der Waals surface area contributed by atoms with E-state index in [0.717, 1.165) is 6.07 Å². The lowest BCUT2D eigenvalue weighted by atomic mass is 10.1. The van der Waals surface area contributed by atoms with E-state index < -0.39 is 16.0 Å². The number of hydrogen-bond acceptors (Lipinski definition) is 4. The fourth-order valence-electron chi connectivity index (χ4n) is 1.63. The first kappa shape index (κ1) is 17.2. The van der Waals surface area contributed by atoms with Crippen LogP contribution in [0.4, 0.5) is 5.69 Å². The highest BCUT2D eigenvalue weighted by atomic mass is 32.2. The van der Waals surface area contributed by atoms with Gasteiger partial charge in [-0.25, -0.2) is 17.9 Å². The molecule has 0 heterocycles. The Kier molecular flexibility index (Phi) is 5.14. The van der Waals surface area contributed by atoms with Gasteiger partial charge in [-0.05, 0) is 39.0 Å². The van der Waals surface area contributed by atoms with Crippen molar-refractivity contribution in [2.45, 2.75) is 31.2 Å². The number of nitrogens with one attached hydrogen (secondary N) is 2. The number of hydrogen-bond donors (Lipinski definition) is 3. The second-order valence-electron chi connectivity index (χ2n) is 5.53. The van der Waals surface area contributed by atoms with Crippen LogP contribution in [0.2, 0.25) is 0 Å². The Hall–Kier alpha value is -1.86. The maximum absolute atomic E-state index is 12.0. The minimum atomic E-state index is -3.75. The van der Waals surface area contributed by atoms with Gasteiger partial charge in [0.1, 0.15) is 0 Å². The zero-order chi connectivity index (χ0) is 16.3. The third-order valence-electron chi connectivity index (χ3n) is 2.46. The number of aromatic carboxylic acids is 1. The fourth-order valence-corrected chi connectivity index (χ4v) is 2.66. The summed E-state index contributed by atoms with van der Waals surface area (Å²) >= 11 is 0. The van der Waals surface area contributed by atoms with Gasteiger partial charge >= 0.3 is 5.97 Å².